The lowest BCUT2D eigenvalue weighted by molar-refractivity contribution is -0.385. The van der Waals surface area contributed by atoms with Crippen molar-refractivity contribution < 1.29 is 19.2 Å². The van der Waals surface area contributed by atoms with Crippen molar-refractivity contribution in [1.82, 2.24) is 9.78 Å². The maximum absolute atomic E-state index is 12.5. The maximum atomic E-state index is 12.5. The average Bonchev–Trinajstić information content (AvgIpc) is 3.27. The smallest absolute Gasteiger partial charge is 0.307 e. The summed E-state index contributed by atoms with van der Waals surface area (Å²) in [5.41, 5.74) is 1.94. The predicted octanol–water partition coefficient (Wildman–Crippen LogP) is 3.82. The van der Waals surface area contributed by atoms with Gasteiger partial charge >= 0.3 is 5.69 Å². The Hall–Kier alpha value is -3.62. The highest BCUT2D eigenvalue weighted by Crippen LogP contribution is 2.31. The van der Waals surface area contributed by atoms with Crippen LogP contribution in [0.4, 0.5) is 11.4 Å². The molecule has 0 unspecified atom stereocenters. The number of carbonyl (C=O) groups is 1. The van der Waals surface area contributed by atoms with E-state index in [-0.39, 0.29) is 29.7 Å². The molecule has 2 N–H and O–H groups in total. The molecule has 0 fully saturated rings. The molecule has 1 aromatic carbocycles. The number of aromatic nitrogens is 2. The van der Waals surface area contributed by atoms with Crippen molar-refractivity contribution in [2.75, 3.05) is 5.32 Å². The van der Waals surface area contributed by atoms with Crippen molar-refractivity contribution in [3.8, 4) is 5.75 Å². The highest BCUT2D eigenvalue weighted by molar-refractivity contribution is 6.02. The molecule has 0 atom stereocenters. The summed E-state index contributed by atoms with van der Waals surface area (Å²) < 4.78 is 6.90. The summed E-state index contributed by atoms with van der Waals surface area (Å²) in [6, 6.07) is 6.51. The zero-order chi connectivity index (χ0) is 20.4. The van der Waals surface area contributed by atoms with Crippen molar-refractivity contribution in [2.24, 2.45) is 0 Å². The van der Waals surface area contributed by atoms with Gasteiger partial charge in [-0.2, -0.15) is 5.10 Å². The average molecular weight is 384 g/mol. The van der Waals surface area contributed by atoms with Crippen LogP contribution < -0.4 is 5.32 Å². The molecule has 3 rings (SSSR count). The van der Waals surface area contributed by atoms with Crippen LogP contribution in [0.15, 0.2) is 41.1 Å². The fourth-order valence-electron chi connectivity index (χ4n) is 2.77. The summed E-state index contributed by atoms with van der Waals surface area (Å²) >= 11 is 0. The van der Waals surface area contributed by atoms with Gasteiger partial charge < -0.3 is 14.8 Å². The van der Waals surface area contributed by atoms with Crippen molar-refractivity contribution in [2.45, 2.75) is 33.2 Å². The topological polar surface area (TPSA) is 123 Å². The van der Waals surface area contributed by atoms with Gasteiger partial charge in [0.2, 0.25) is 0 Å². The minimum absolute atomic E-state index is 0.101. The third kappa shape index (κ3) is 4.03. The number of furan rings is 1. The summed E-state index contributed by atoms with van der Waals surface area (Å²) in [4.78, 5) is 22.7. The molecule has 1 amide bonds. The van der Waals surface area contributed by atoms with E-state index >= 15 is 0 Å². The Labute approximate surface area is 160 Å². The van der Waals surface area contributed by atoms with E-state index in [1.165, 1.54) is 16.9 Å². The van der Waals surface area contributed by atoms with Crippen LogP contribution in [-0.2, 0) is 6.54 Å². The molecule has 0 saturated heterocycles. The van der Waals surface area contributed by atoms with Crippen LogP contribution in [-0.4, -0.2) is 25.7 Å². The Morgan fingerprint density at radius 3 is 2.79 bits per heavy atom. The Kier molecular flexibility index (Phi) is 5.16. The van der Waals surface area contributed by atoms with Crippen LogP contribution in [0.3, 0.4) is 0 Å². The Bertz CT molecular complexity index is 1030. The molecule has 9 nitrogen and oxygen atoms in total. The number of benzene rings is 1. The summed E-state index contributed by atoms with van der Waals surface area (Å²) in [7, 11) is 0. The van der Waals surface area contributed by atoms with Crippen molar-refractivity contribution in [3.63, 3.8) is 0 Å². The molecule has 0 saturated carbocycles. The number of amides is 1. The lowest BCUT2D eigenvalue weighted by Gasteiger charge is -2.14. The molecule has 28 heavy (non-hydrogen) atoms. The number of rotatable bonds is 6. The zero-order valence-corrected chi connectivity index (χ0v) is 15.7. The van der Waals surface area contributed by atoms with Gasteiger partial charge in [-0.1, -0.05) is 13.8 Å². The van der Waals surface area contributed by atoms with Gasteiger partial charge in [0, 0.05) is 5.69 Å². The summed E-state index contributed by atoms with van der Waals surface area (Å²) in [6.45, 7) is 5.86. The number of carbonyl (C=O) groups excluding carboxylic acids is 1. The van der Waals surface area contributed by atoms with Gasteiger partial charge in [0.05, 0.1) is 11.5 Å². The largest absolute Gasteiger partial charge is 0.508 e. The Morgan fingerprint density at radius 2 is 2.14 bits per heavy atom. The molecule has 0 aliphatic rings. The van der Waals surface area contributed by atoms with Gasteiger partial charge in [-0.05, 0) is 48.2 Å². The van der Waals surface area contributed by atoms with Crippen molar-refractivity contribution >= 4 is 17.3 Å². The van der Waals surface area contributed by atoms with Crippen LogP contribution >= 0.6 is 0 Å². The van der Waals surface area contributed by atoms with Gasteiger partial charge in [0.1, 0.15) is 23.9 Å². The number of phenols is 1. The molecule has 0 bridgehead atoms. The second-order valence-electron chi connectivity index (χ2n) is 6.75. The molecular weight excluding hydrogens is 364 g/mol. The van der Waals surface area contributed by atoms with E-state index in [0.717, 1.165) is 17.3 Å². The number of phenolic OH excluding ortho intramolecular Hbond substituents is 1. The fourth-order valence-corrected chi connectivity index (χ4v) is 2.77. The van der Waals surface area contributed by atoms with Gasteiger partial charge in [0.25, 0.3) is 5.91 Å². The number of hydrogen-bond donors (Lipinski definition) is 2. The van der Waals surface area contributed by atoms with Gasteiger partial charge in [-0.15, -0.1) is 0 Å². The third-order valence-corrected chi connectivity index (χ3v) is 4.28. The summed E-state index contributed by atoms with van der Waals surface area (Å²) in [6.07, 6.45) is 2.44. The number of nitro groups is 1. The first kappa shape index (κ1) is 19.2. The Morgan fingerprint density at radius 1 is 1.39 bits per heavy atom. The lowest BCUT2D eigenvalue weighted by atomic mass is 9.99. The summed E-state index contributed by atoms with van der Waals surface area (Å²) in [5, 5.41) is 27.4. The molecule has 2 aromatic heterocycles. The minimum atomic E-state index is -0.532. The quantitative estimate of drug-likeness (QED) is 0.378. The first-order chi connectivity index (χ1) is 13.2. The van der Waals surface area contributed by atoms with Crippen molar-refractivity contribution in [1.29, 1.82) is 0 Å². The zero-order valence-electron chi connectivity index (χ0n) is 15.7. The first-order valence-corrected chi connectivity index (χ1v) is 8.65. The van der Waals surface area contributed by atoms with Gasteiger partial charge in [-0.25, -0.2) is 0 Å². The molecule has 3 aromatic rings. The Balaban J connectivity index is 1.74. The lowest BCUT2D eigenvalue weighted by Crippen LogP contribution is -2.12. The normalized spacial score (nSPS) is 11.0. The number of nitrogens with zero attached hydrogens (tertiary/aromatic N) is 3. The van der Waals surface area contributed by atoms with Gasteiger partial charge in [0.15, 0.2) is 5.76 Å². The second-order valence-corrected chi connectivity index (χ2v) is 6.75. The summed E-state index contributed by atoms with van der Waals surface area (Å²) in [5.74, 6) is 0.411. The molecule has 2 heterocycles. The monoisotopic (exact) mass is 384 g/mol. The molecule has 0 aliphatic heterocycles. The van der Waals surface area contributed by atoms with Crippen LogP contribution in [0, 0.1) is 17.0 Å². The third-order valence-electron chi connectivity index (χ3n) is 4.28. The minimum Gasteiger partial charge on any atom is -0.508 e. The van der Waals surface area contributed by atoms with E-state index in [9.17, 15) is 20.0 Å². The molecule has 0 radical (unpaired) electrons. The highest BCUT2D eigenvalue weighted by Gasteiger charge is 2.16. The highest BCUT2D eigenvalue weighted by atomic mass is 16.6. The number of nitrogens with one attached hydrogen (secondary N) is 1. The van der Waals surface area contributed by atoms with E-state index < -0.39 is 10.8 Å². The molecule has 146 valence electrons. The molecule has 9 heteroatoms. The van der Waals surface area contributed by atoms with Crippen LogP contribution in [0.2, 0.25) is 0 Å². The van der Waals surface area contributed by atoms with E-state index in [0.29, 0.717) is 11.4 Å². The van der Waals surface area contributed by atoms with E-state index in [2.05, 4.69) is 10.4 Å². The molecule has 0 aliphatic carbocycles. The van der Waals surface area contributed by atoms with Crippen LogP contribution in [0.25, 0.3) is 0 Å². The fraction of sp³-hybridized carbons (Fsp3) is 0.263. The number of aryl methyl sites for hydroxylation is 1. The van der Waals surface area contributed by atoms with E-state index in [1.807, 2.05) is 13.8 Å². The van der Waals surface area contributed by atoms with E-state index in [4.69, 9.17) is 4.42 Å². The first-order valence-electron chi connectivity index (χ1n) is 8.65. The van der Waals surface area contributed by atoms with E-state index in [1.54, 1.807) is 25.1 Å². The molecular formula is C19H20N4O5. The predicted molar refractivity (Wildman–Crippen MR) is 102 cm³/mol. The number of anilines is 1. The maximum Gasteiger partial charge on any atom is 0.307 e. The van der Waals surface area contributed by atoms with Crippen LogP contribution in [0.5, 0.6) is 5.75 Å². The molecule has 0 spiro atoms. The number of aromatic hydroxyl groups is 1. The number of hydrogen-bond acceptors (Lipinski definition) is 6. The van der Waals surface area contributed by atoms with Gasteiger partial charge in [-0.3, -0.25) is 19.6 Å². The standard InChI is InChI=1S/C19H20N4O5/c1-11(2)15-7-16(12(3)6-17(15)24)21-19(25)18-5-4-14(28-18)10-22-9-13(8-20-22)23(26)27/h4-9,11,24H,10H2,1-3H3,(H,21,25). The van der Waals surface area contributed by atoms with Crippen LogP contribution in [0.1, 0.15) is 47.2 Å². The van der Waals surface area contributed by atoms with Crippen molar-refractivity contribution in [3.05, 3.63) is 69.4 Å². The SMILES string of the molecule is Cc1cc(O)c(C(C)C)cc1NC(=O)c1ccc(Cn2cc([N+](=O)[O-])cn2)o1. The second kappa shape index (κ2) is 7.55.